The van der Waals surface area contributed by atoms with E-state index in [-0.39, 0.29) is 5.97 Å². The number of aromatic nitrogens is 3. The van der Waals surface area contributed by atoms with Gasteiger partial charge in [0.15, 0.2) is 0 Å². The Bertz CT molecular complexity index is 2280. The van der Waals surface area contributed by atoms with E-state index in [4.69, 9.17) is 19.4 Å². The fourth-order valence-corrected chi connectivity index (χ4v) is 7.54. The number of benzene rings is 4. The smallest absolute Gasteiger partial charge is 0.312 e. The molecule has 1 saturated carbocycles. The molecule has 1 fully saturated rings. The molecule has 10 heteroatoms. The van der Waals surface area contributed by atoms with Crippen LogP contribution in [0.3, 0.4) is 0 Å². The highest BCUT2D eigenvalue weighted by molar-refractivity contribution is 7.92. The standard InChI is InChI=1S/C40H40N4O5S/c1-3-48-39(45)40(21-6-7-22-40)25-38-42-36-24-34(49-27-33-18-15-30-10-4-5-12-35(30)41-33)19-20-37(36)44(38)26-28-9-8-11-31(23-28)29-13-16-32(17-14-29)43-50(2,46)47/h4-5,8-20,23-24,43H,3,6-7,21-22,25-27H2,1-2H3. The molecule has 0 atom stereocenters. The van der Waals surface area contributed by atoms with Crippen LogP contribution in [0.2, 0.25) is 0 Å². The van der Waals surface area contributed by atoms with Gasteiger partial charge in [-0.2, -0.15) is 0 Å². The van der Waals surface area contributed by atoms with E-state index in [0.717, 1.165) is 82.1 Å². The van der Waals surface area contributed by atoms with Crippen molar-refractivity contribution in [1.82, 2.24) is 14.5 Å². The van der Waals surface area contributed by atoms with E-state index >= 15 is 0 Å². The molecule has 1 aliphatic rings. The van der Waals surface area contributed by atoms with Crippen LogP contribution in [0.25, 0.3) is 33.1 Å². The predicted octanol–water partition coefficient (Wildman–Crippen LogP) is 7.92. The number of anilines is 1. The number of sulfonamides is 1. The normalized spacial score (nSPS) is 14.2. The molecule has 0 unspecified atom stereocenters. The summed E-state index contributed by atoms with van der Waals surface area (Å²) in [6, 6.07) is 33.7. The number of ether oxygens (including phenoxy) is 2. The van der Waals surface area contributed by atoms with Crippen molar-refractivity contribution in [2.45, 2.75) is 52.2 Å². The van der Waals surface area contributed by atoms with Crippen LogP contribution in [0.15, 0.2) is 103 Å². The van der Waals surface area contributed by atoms with Crippen LogP contribution in [-0.2, 0) is 39.1 Å². The van der Waals surface area contributed by atoms with Crippen LogP contribution in [0.1, 0.15) is 49.7 Å². The summed E-state index contributed by atoms with van der Waals surface area (Å²) < 4.78 is 39.9. The first-order valence-corrected chi connectivity index (χ1v) is 18.9. The molecule has 9 nitrogen and oxygen atoms in total. The number of carbonyl (C=O) groups is 1. The zero-order valence-electron chi connectivity index (χ0n) is 28.3. The van der Waals surface area contributed by atoms with Crippen LogP contribution in [0.5, 0.6) is 5.75 Å². The van der Waals surface area contributed by atoms with Crippen molar-refractivity contribution in [3.05, 3.63) is 120 Å². The molecule has 50 heavy (non-hydrogen) atoms. The second-order valence-electron chi connectivity index (χ2n) is 13.1. The lowest BCUT2D eigenvalue weighted by atomic mass is 9.82. The van der Waals surface area contributed by atoms with E-state index in [1.54, 1.807) is 12.1 Å². The first-order valence-electron chi connectivity index (χ1n) is 17.0. The van der Waals surface area contributed by atoms with Gasteiger partial charge in [0.25, 0.3) is 0 Å². The summed E-state index contributed by atoms with van der Waals surface area (Å²) in [4.78, 5) is 23.3. The minimum absolute atomic E-state index is 0.140. The molecule has 0 aliphatic heterocycles. The fourth-order valence-electron chi connectivity index (χ4n) is 6.97. The minimum Gasteiger partial charge on any atom is -0.487 e. The molecule has 2 heterocycles. The molecule has 1 N–H and O–H groups in total. The monoisotopic (exact) mass is 688 g/mol. The average molecular weight is 689 g/mol. The highest BCUT2D eigenvalue weighted by atomic mass is 32.2. The summed E-state index contributed by atoms with van der Waals surface area (Å²) in [5.41, 5.74) is 6.49. The van der Waals surface area contributed by atoms with Gasteiger partial charge in [-0.25, -0.2) is 18.4 Å². The molecule has 0 radical (unpaired) electrons. The summed E-state index contributed by atoms with van der Waals surface area (Å²) in [5.74, 6) is 1.39. The van der Waals surface area contributed by atoms with E-state index in [1.165, 1.54) is 0 Å². The largest absolute Gasteiger partial charge is 0.487 e. The number of hydrogen-bond acceptors (Lipinski definition) is 7. The molecular weight excluding hydrogens is 649 g/mol. The number of pyridine rings is 1. The third-order valence-electron chi connectivity index (χ3n) is 9.40. The van der Waals surface area contributed by atoms with Crippen molar-refractivity contribution in [2.75, 3.05) is 17.6 Å². The third-order valence-corrected chi connectivity index (χ3v) is 10.0. The molecule has 7 rings (SSSR count). The van der Waals surface area contributed by atoms with Crippen LogP contribution in [-0.4, -0.2) is 41.8 Å². The maximum absolute atomic E-state index is 13.4. The topological polar surface area (TPSA) is 112 Å². The maximum atomic E-state index is 13.4. The van der Waals surface area contributed by atoms with Gasteiger partial charge in [0.05, 0.1) is 40.5 Å². The van der Waals surface area contributed by atoms with Gasteiger partial charge in [0.2, 0.25) is 10.0 Å². The molecule has 4 aromatic carbocycles. The first-order chi connectivity index (χ1) is 24.2. The van der Waals surface area contributed by atoms with Gasteiger partial charge < -0.3 is 14.0 Å². The zero-order valence-corrected chi connectivity index (χ0v) is 29.1. The Labute approximate surface area is 292 Å². The maximum Gasteiger partial charge on any atom is 0.312 e. The van der Waals surface area contributed by atoms with Crippen molar-refractivity contribution in [3.8, 4) is 16.9 Å². The highest BCUT2D eigenvalue weighted by Gasteiger charge is 2.43. The molecule has 2 aromatic heterocycles. The second kappa shape index (κ2) is 14.0. The van der Waals surface area contributed by atoms with Crippen molar-refractivity contribution in [1.29, 1.82) is 0 Å². The number of imidazole rings is 1. The summed E-state index contributed by atoms with van der Waals surface area (Å²) in [6.45, 7) is 3.08. The molecule has 0 amide bonds. The van der Waals surface area contributed by atoms with Gasteiger partial charge in [0.1, 0.15) is 18.2 Å². The van der Waals surface area contributed by atoms with E-state index in [9.17, 15) is 13.2 Å². The van der Waals surface area contributed by atoms with Crippen molar-refractivity contribution in [3.63, 3.8) is 0 Å². The van der Waals surface area contributed by atoms with Gasteiger partial charge >= 0.3 is 5.97 Å². The Kier molecular flexibility index (Phi) is 9.29. The van der Waals surface area contributed by atoms with E-state index in [1.807, 2.05) is 79.7 Å². The number of carbonyl (C=O) groups excluding carboxylic acids is 1. The number of hydrogen-bond donors (Lipinski definition) is 1. The zero-order chi connectivity index (χ0) is 34.7. The number of rotatable bonds is 12. The number of fused-ring (bicyclic) bond motifs is 2. The lowest BCUT2D eigenvalue weighted by Crippen LogP contribution is -2.33. The Morgan fingerprint density at radius 2 is 1.66 bits per heavy atom. The number of nitrogens with zero attached hydrogens (tertiary/aromatic N) is 3. The van der Waals surface area contributed by atoms with Gasteiger partial charge in [-0.3, -0.25) is 9.52 Å². The minimum atomic E-state index is -3.36. The van der Waals surface area contributed by atoms with Gasteiger partial charge in [-0.15, -0.1) is 0 Å². The fraction of sp³-hybridized carbons (Fsp3) is 0.275. The Hall–Kier alpha value is -5.22. The summed E-state index contributed by atoms with van der Waals surface area (Å²) in [7, 11) is -3.36. The molecule has 6 aromatic rings. The van der Waals surface area contributed by atoms with E-state index in [2.05, 4.69) is 27.5 Å². The molecule has 0 spiro atoms. The molecule has 256 valence electrons. The lowest BCUT2D eigenvalue weighted by molar-refractivity contribution is -0.155. The Morgan fingerprint density at radius 3 is 2.44 bits per heavy atom. The van der Waals surface area contributed by atoms with Crippen molar-refractivity contribution in [2.24, 2.45) is 5.41 Å². The third kappa shape index (κ3) is 7.35. The van der Waals surface area contributed by atoms with Crippen LogP contribution < -0.4 is 9.46 Å². The van der Waals surface area contributed by atoms with E-state index < -0.39 is 15.4 Å². The average Bonchev–Trinajstić information content (AvgIpc) is 3.72. The second-order valence-corrected chi connectivity index (χ2v) is 14.8. The number of nitrogens with one attached hydrogen (secondary N) is 1. The molecular formula is C40H40N4O5S. The van der Waals surface area contributed by atoms with Gasteiger partial charge in [-0.1, -0.05) is 67.4 Å². The van der Waals surface area contributed by atoms with Crippen LogP contribution in [0.4, 0.5) is 5.69 Å². The van der Waals surface area contributed by atoms with Crippen LogP contribution in [0, 0.1) is 5.41 Å². The van der Waals surface area contributed by atoms with Gasteiger partial charge in [-0.05, 0) is 78.9 Å². The summed E-state index contributed by atoms with van der Waals surface area (Å²) >= 11 is 0. The quantitative estimate of drug-likeness (QED) is 0.130. The Balaban J connectivity index is 1.20. The molecule has 0 bridgehead atoms. The molecule has 0 saturated heterocycles. The Morgan fingerprint density at radius 1 is 0.860 bits per heavy atom. The van der Waals surface area contributed by atoms with Crippen molar-refractivity contribution < 1.29 is 22.7 Å². The molecule has 1 aliphatic carbocycles. The SMILES string of the molecule is CCOC(=O)C1(Cc2nc3cc(OCc4ccc5ccccc5n4)ccc3n2Cc2cccc(-c3ccc(NS(C)(=O)=O)cc3)c2)CCCC1. The van der Waals surface area contributed by atoms with Gasteiger partial charge in [0, 0.05) is 30.1 Å². The van der Waals surface area contributed by atoms with Crippen LogP contribution >= 0.6 is 0 Å². The summed E-state index contributed by atoms with van der Waals surface area (Å²) in [5, 5.41) is 1.09. The first kappa shape index (κ1) is 33.3. The summed E-state index contributed by atoms with van der Waals surface area (Å²) in [6.07, 6.45) is 5.16. The highest BCUT2D eigenvalue weighted by Crippen LogP contribution is 2.42. The lowest BCUT2D eigenvalue weighted by Gasteiger charge is -2.26. The van der Waals surface area contributed by atoms with E-state index in [0.29, 0.717) is 37.6 Å². The number of esters is 1. The number of para-hydroxylation sites is 1. The van der Waals surface area contributed by atoms with Crippen molar-refractivity contribution >= 4 is 43.6 Å². The predicted molar refractivity (Wildman–Crippen MR) is 196 cm³/mol.